The number of para-hydroxylation sites is 1. The number of benzene rings is 1. The molecule has 0 saturated carbocycles. The molecule has 0 fully saturated rings. The van der Waals surface area contributed by atoms with Crippen molar-refractivity contribution in [3.8, 4) is 5.75 Å². The van der Waals surface area contributed by atoms with Crippen LogP contribution >= 0.6 is 11.3 Å². The first kappa shape index (κ1) is 15.7. The van der Waals surface area contributed by atoms with Crippen molar-refractivity contribution in [2.75, 3.05) is 7.11 Å². The monoisotopic (exact) mass is 363 g/mol. The molecule has 0 aliphatic rings. The highest BCUT2D eigenvalue weighted by Crippen LogP contribution is 2.19. The summed E-state index contributed by atoms with van der Waals surface area (Å²) in [6.07, 6.45) is 3.94. The van der Waals surface area contributed by atoms with Crippen LogP contribution in [0.15, 0.2) is 54.2 Å². The summed E-state index contributed by atoms with van der Waals surface area (Å²) in [5.74, 6) is 0.664. The van der Waals surface area contributed by atoms with Crippen molar-refractivity contribution in [2.24, 2.45) is 0 Å². The Kier molecular flexibility index (Phi) is 5.09. The molecule has 0 spiro atoms. The minimum Gasteiger partial charge on any atom is -1.00 e. The second-order valence-electron chi connectivity index (χ2n) is 4.48. The standard InChI is InChI=1S/C16H14NO2S.BrH/c1-19-15-5-3-2-4-13(15)14(18)11-17-8-6-16-12(10-17)7-9-20-16;/h2-10H,11H2,1H3;1H/q+1;/p-1. The van der Waals surface area contributed by atoms with E-state index in [0.717, 1.165) is 5.39 Å². The van der Waals surface area contributed by atoms with E-state index in [1.165, 1.54) is 4.70 Å². The summed E-state index contributed by atoms with van der Waals surface area (Å²) in [5.41, 5.74) is 0.618. The molecule has 2 heterocycles. The summed E-state index contributed by atoms with van der Waals surface area (Å²) < 4.78 is 8.37. The molecular formula is C16H14BrNO2S. The van der Waals surface area contributed by atoms with E-state index in [9.17, 15) is 4.79 Å². The number of aromatic nitrogens is 1. The van der Waals surface area contributed by atoms with Crippen molar-refractivity contribution < 1.29 is 31.1 Å². The molecule has 0 N–H and O–H groups in total. The second-order valence-corrected chi connectivity index (χ2v) is 5.43. The minimum atomic E-state index is 0. The fourth-order valence-electron chi connectivity index (χ4n) is 2.18. The zero-order valence-corrected chi connectivity index (χ0v) is 13.9. The topological polar surface area (TPSA) is 30.2 Å². The molecule has 0 amide bonds. The lowest BCUT2D eigenvalue weighted by Crippen LogP contribution is -3.00. The third-order valence-electron chi connectivity index (χ3n) is 3.18. The number of carbonyl (C=O) groups excluding carboxylic acids is 1. The number of Topliss-reactive ketones (excluding diaryl/α,β-unsaturated/α-hetero) is 1. The predicted octanol–water partition coefficient (Wildman–Crippen LogP) is 0.0843. The number of hydrogen-bond acceptors (Lipinski definition) is 3. The van der Waals surface area contributed by atoms with Crippen LogP contribution < -0.4 is 26.3 Å². The van der Waals surface area contributed by atoms with Crippen LogP contribution in [0.5, 0.6) is 5.75 Å². The average Bonchev–Trinajstić information content (AvgIpc) is 2.94. The molecule has 0 aliphatic heterocycles. The smallest absolute Gasteiger partial charge is 0.231 e. The van der Waals surface area contributed by atoms with Crippen LogP contribution in [-0.4, -0.2) is 12.9 Å². The van der Waals surface area contributed by atoms with Crippen LogP contribution in [-0.2, 0) is 6.54 Å². The maximum absolute atomic E-state index is 12.4. The molecule has 3 aromatic rings. The SMILES string of the molecule is COc1ccccc1C(=O)C[n+]1ccc2sccc2c1.[Br-]. The van der Waals surface area contributed by atoms with Gasteiger partial charge >= 0.3 is 0 Å². The van der Waals surface area contributed by atoms with Gasteiger partial charge in [0.25, 0.3) is 0 Å². The van der Waals surface area contributed by atoms with Crippen molar-refractivity contribution in [2.45, 2.75) is 6.54 Å². The third kappa shape index (κ3) is 3.31. The zero-order valence-electron chi connectivity index (χ0n) is 11.5. The fraction of sp³-hybridized carbons (Fsp3) is 0.125. The molecule has 0 saturated heterocycles. The molecule has 3 nitrogen and oxygen atoms in total. The Morgan fingerprint density at radius 2 is 2.05 bits per heavy atom. The number of carbonyl (C=O) groups is 1. The van der Waals surface area contributed by atoms with Crippen LogP contribution in [0.1, 0.15) is 10.4 Å². The number of fused-ring (bicyclic) bond motifs is 1. The molecule has 0 bridgehead atoms. The Balaban J connectivity index is 0.00000161. The molecule has 3 rings (SSSR count). The van der Waals surface area contributed by atoms with Gasteiger partial charge in [0.05, 0.1) is 18.1 Å². The Morgan fingerprint density at radius 1 is 1.24 bits per heavy atom. The van der Waals surface area contributed by atoms with Gasteiger partial charge in [0.1, 0.15) is 5.75 Å². The number of methoxy groups -OCH3 is 1. The molecule has 0 unspecified atom stereocenters. The van der Waals surface area contributed by atoms with Gasteiger partial charge in [-0.1, -0.05) is 12.1 Å². The molecule has 0 atom stereocenters. The van der Waals surface area contributed by atoms with Gasteiger partial charge in [-0.3, -0.25) is 4.79 Å². The first-order valence-electron chi connectivity index (χ1n) is 6.30. The highest BCUT2D eigenvalue weighted by molar-refractivity contribution is 7.17. The number of rotatable bonds is 4. The van der Waals surface area contributed by atoms with E-state index in [4.69, 9.17) is 4.74 Å². The van der Waals surface area contributed by atoms with Crippen molar-refractivity contribution in [3.63, 3.8) is 0 Å². The highest BCUT2D eigenvalue weighted by atomic mass is 79.9. The summed E-state index contributed by atoms with van der Waals surface area (Å²) in [7, 11) is 1.58. The molecule has 21 heavy (non-hydrogen) atoms. The number of pyridine rings is 1. The first-order valence-corrected chi connectivity index (χ1v) is 7.18. The van der Waals surface area contributed by atoms with Crippen LogP contribution in [0.2, 0.25) is 0 Å². The predicted molar refractivity (Wildman–Crippen MR) is 79.3 cm³/mol. The van der Waals surface area contributed by atoms with E-state index < -0.39 is 0 Å². The molecule has 2 aromatic heterocycles. The van der Waals surface area contributed by atoms with Gasteiger partial charge in [0, 0.05) is 10.8 Å². The molecular weight excluding hydrogens is 350 g/mol. The Morgan fingerprint density at radius 3 is 2.86 bits per heavy atom. The van der Waals surface area contributed by atoms with E-state index in [1.54, 1.807) is 30.6 Å². The van der Waals surface area contributed by atoms with Crippen molar-refractivity contribution in [1.82, 2.24) is 0 Å². The van der Waals surface area contributed by atoms with Crippen molar-refractivity contribution in [1.29, 1.82) is 0 Å². The zero-order chi connectivity index (χ0) is 13.9. The lowest BCUT2D eigenvalue weighted by molar-refractivity contribution is -0.681. The Bertz CT molecular complexity index is 770. The van der Waals surface area contributed by atoms with E-state index in [0.29, 0.717) is 17.9 Å². The molecule has 108 valence electrons. The Labute approximate surface area is 137 Å². The number of ether oxygens (including phenoxy) is 1. The molecule has 0 radical (unpaired) electrons. The van der Waals surface area contributed by atoms with E-state index in [-0.39, 0.29) is 22.8 Å². The van der Waals surface area contributed by atoms with Crippen molar-refractivity contribution in [3.05, 3.63) is 59.7 Å². The quantitative estimate of drug-likeness (QED) is 0.485. The second kappa shape index (κ2) is 6.83. The van der Waals surface area contributed by atoms with Gasteiger partial charge in [-0.15, -0.1) is 11.3 Å². The first-order chi connectivity index (χ1) is 9.78. The van der Waals surface area contributed by atoms with E-state index in [2.05, 4.69) is 11.4 Å². The van der Waals surface area contributed by atoms with E-state index in [1.807, 2.05) is 35.2 Å². The lowest BCUT2D eigenvalue weighted by atomic mass is 10.1. The Hall–Kier alpha value is -1.72. The largest absolute Gasteiger partial charge is 1.00 e. The van der Waals surface area contributed by atoms with Gasteiger partial charge in [0.15, 0.2) is 12.4 Å². The van der Waals surface area contributed by atoms with E-state index >= 15 is 0 Å². The number of nitrogens with zero attached hydrogens (tertiary/aromatic N) is 1. The average molecular weight is 364 g/mol. The van der Waals surface area contributed by atoms with Gasteiger partial charge < -0.3 is 21.7 Å². The van der Waals surface area contributed by atoms with Gasteiger partial charge in [0.2, 0.25) is 12.3 Å². The summed E-state index contributed by atoms with van der Waals surface area (Å²) >= 11 is 1.70. The van der Waals surface area contributed by atoms with Gasteiger partial charge in [-0.2, -0.15) is 4.57 Å². The molecule has 5 heteroatoms. The normalized spacial score (nSPS) is 10.1. The molecule has 1 aromatic carbocycles. The minimum absolute atomic E-state index is 0. The summed E-state index contributed by atoms with van der Waals surface area (Å²) in [6.45, 7) is 0.312. The third-order valence-corrected chi connectivity index (χ3v) is 4.08. The van der Waals surface area contributed by atoms with Crippen LogP contribution in [0.25, 0.3) is 10.1 Å². The van der Waals surface area contributed by atoms with Crippen molar-refractivity contribution >= 4 is 27.2 Å². The van der Waals surface area contributed by atoms with Gasteiger partial charge in [-0.25, -0.2) is 0 Å². The van der Waals surface area contributed by atoms with Crippen LogP contribution in [0, 0.1) is 0 Å². The number of thiophene rings is 1. The summed E-state index contributed by atoms with van der Waals surface area (Å²) in [6, 6.07) is 11.4. The highest BCUT2D eigenvalue weighted by Gasteiger charge is 2.16. The van der Waals surface area contributed by atoms with Crippen LogP contribution in [0.3, 0.4) is 0 Å². The maximum atomic E-state index is 12.4. The summed E-state index contributed by atoms with van der Waals surface area (Å²) in [5, 5.41) is 3.21. The number of halogens is 1. The van der Waals surface area contributed by atoms with Gasteiger partial charge in [-0.05, 0) is 23.6 Å². The lowest BCUT2D eigenvalue weighted by Gasteiger charge is -2.05. The molecule has 0 aliphatic carbocycles. The number of ketones is 1. The maximum Gasteiger partial charge on any atom is 0.231 e. The summed E-state index contributed by atoms with van der Waals surface area (Å²) in [4.78, 5) is 12.4. The van der Waals surface area contributed by atoms with Crippen LogP contribution in [0.4, 0.5) is 0 Å². The number of hydrogen-bond donors (Lipinski definition) is 0. The fourth-order valence-corrected chi connectivity index (χ4v) is 2.94.